The Morgan fingerprint density at radius 3 is 2.67 bits per heavy atom. The van der Waals surface area contributed by atoms with Crippen LogP contribution in [-0.2, 0) is 10.0 Å². The lowest BCUT2D eigenvalue weighted by molar-refractivity contribution is 0.402. The monoisotopic (exact) mass is 292 g/mol. The zero-order valence-corrected chi connectivity index (χ0v) is 12.1. The second-order valence-corrected chi connectivity index (χ2v) is 6.01. The van der Waals surface area contributed by atoms with E-state index in [1.54, 1.807) is 13.1 Å². The van der Waals surface area contributed by atoms with Crippen LogP contribution in [-0.4, -0.2) is 35.2 Å². The molecule has 0 fully saturated rings. The molecule has 0 bridgehead atoms. The van der Waals surface area contributed by atoms with Crippen LogP contribution < -0.4 is 14.8 Å². The van der Waals surface area contributed by atoms with Gasteiger partial charge in [0.1, 0.15) is 10.6 Å². The molecular formula is C11H17ClN2O3S. The fourth-order valence-electron chi connectivity index (χ4n) is 1.28. The molecule has 0 saturated carbocycles. The first kappa shape index (κ1) is 15.2. The van der Waals surface area contributed by atoms with Gasteiger partial charge in [0.25, 0.3) is 0 Å². The van der Waals surface area contributed by atoms with E-state index in [2.05, 4.69) is 10.0 Å². The Kier molecular flexibility index (Phi) is 5.40. The van der Waals surface area contributed by atoms with Crippen LogP contribution in [0.2, 0.25) is 5.02 Å². The summed E-state index contributed by atoms with van der Waals surface area (Å²) in [5.41, 5.74) is 0. The van der Waals surface area contributed by atoms with E-state index in [9.17, 15) is 8.42 Å². The van der Waals surface area contributed by atoms with Crippen LogP contribution in [0.4, 0.5) is 0 Å². The van der Waals surface area contributed by atoms with Gasteiger partial charge in [0.2, 0.25) is 10.0 Å². The third kappa shape index (κ3) is 3.84. The Bertz CT molecular complexity index is 505. The first-order valence-electron chi connectivity index (χ1n) is 5.41. The normalized spacial score (nSPS) is 13.3. The van der Waals surface area contributed by atoms with Crippen LogP contribution in [0.25, 0.3) is 0 Å². The van der Waals surface area contributed by atoms with Gasteiger partial charge < -0.3 is 10.1 Å². The maximum atomic E-state index is 12.1. The van der Waals surface area contributed by atoms with E-state index in [0.717, 1.165) is 0 Å². The summed E-state index contributed by atoms with van der Waals surface area (Å²) < 4.78 is 31.7. The average Bonchev–Trinajstić information content (AvgIpc) is 2.36. The first-order chi connectivity index (χ1) is 8.40. The molecule has 1 atom stereocenters. The fourth-order valence-corrected chi connectivity index (χ4v) is 2.84. The molecule has 0 spiro atoms. The van der Waals surface area contributed by atoms with Gasteiger partial charge in [-0.05, 0) is 32.2 Å². The van der Waals surface area contributed by atoms with Crippen molar-refractivity contribution in [2.45, 2.75) is 17.9 Å². The number of halogens is 1. The Morgan fingerprint density at radius 1 is 1.44 bits per heavy atom. The summed E-state index contributed by atoms with van der Waals surface area (Å²) in [4.78, 5) is 0.0424. The molecule has 5 nitrogen and oxygen atoms in total. The second-order valence-electron chi connectivity index (χ2n) is 3.84. The van der Waals surface area contributed by atoms with Gasteiger partial charge in [0, 0.05) is 17.6 Å². The molecule has 7 heteroatoms. The maximum Gasteiger partial charge on any atom is 0.244 e. The Morgan fingerprint density at radius 2 is 2.11 bits per heavy atom. The van der Waals surface area contributed by atoms with Crippen molar-refractivity contribution in [1.82, 2.24) is 10.0 Å². The zero-order valence-electron chi connectivity index (χ0n) is 10.5. The van der Waals surface area contributed by atoms with Gasteiger partial charge in [0.15, 0.2) is 0 Å². The highest BCUT2D eigenvalue weighted by Crippen LogP contribution is 2.26. The van der Waals surface area contributed by atoms with Crippen molar-refractivity contribution >= 4 is 21.6 Å². The van der Waals surface area contributed by atoms with E-state index in [0.29, 0.717) is 5.02 Å². The van der Waals surface area contributed by atoms with Gasteiger partial charge in [-0.25, -0.2) is 13.1 Å². The highest BCUT2D eigenvalue weighted by Gasteiger charge is 2.20. The molecule has 18 heavy (non-hydrogen) atoms. The van der Waals surface area contributed by atoms with E-state index in [1.165, 1.54) is 19.2 Å². The number of hydrogen-bond acceptors (Lipinski definition) is 4. The predicted octanol–water partition coefficient (Wildman–Crippen LogP) is 1.23. The minimum absolute atomic E-state index is 0.0324. The van der Waals surface area contributed by atoms with E-state index >= 15 is 0 Å². The fraction of sp³-hybridized carbons (Fsp3) is 0.455. The Hall–Kier alpha value is -0.820. The van der Waals surface area contributed by atoms with Gasteiger partial charge in [-0.15, -0.1) is 0 Å². The van der Waals surface area contributed by atoms with Gasteiger partial charge in [0.05, 0.1) is 7.11 Å². The number of nitrogens with one attached hydrogen (secondary N) is 2. The molecule has 0 amide bonds. The Labute approximate surface area is 113 Å². The number of likely N-dealkylation sites (N-methyl/N-ethyl adjacent to an activating group) is 1. The molecule has 0 saturated heterocycles. The summed E-state index contributed by atoms with van der Waals surface area (Å²) >= 11 is 5.81. The molecule has 1 unspecified atom stereocenters. The summed E-state index contributed by atoms with van der Waals surface area (Å²) in [6.45, 7) is 2.16. The molecular weight excluding hydrogens is 276 g/mol. The number of sulfonamides is 1. The summed E-state index contributed by atoms with van der Waals surface area (Å²) in [7, 11) is -0.452. The van der Waals surface area contributed by atoms with Crippen molar-refractivity contribution < 1.29 is 13.2 Å². The minimum atomic E-state index is -3.63. The van der Waals surface area contributed by atoms with Crippen LogP contribution >= 0.6 is 11.6 Å². The summed E-state index contributed by atoms with van der Waals surface area (Å²) in [5, 5.41) is 3.29. The Balaban J connectivity index is 3.00. The quantitative estimate of drug-likeness (QED) is 0.828. The molecule has 1 aromatic rings. The molecule has 0 aliphatic rings. The number of ether oxygens (including phenoxy) is 1. The van der Waals surface area contributed by atoms with Gasteiger partial charge >= 0.3 is 0 Å². The highest BCUT2D eigenvalue weighted by atomic mass is 35.5. The second kappa shape index (κ2) is 6.38. The van der Waals surface area contributed by atoms with Crippen molar-refractivity contribution in [1.29, 1.82) is 0 Å². The van der Waals surface area contributed by atoms with Crippen LogP contribution in [0.5, 0.6) is 5.75 Å². The minimum Gasteiger partial charge on any atom is -0.495 e. The van der Waals surface area contributed by atoms with Gasteiger partial charge in [-0.2, -0.15) is 0 Å². The third-order valence-corrected chi connectivity index (χ3v) is 4.17. The van der Waals surface area contributed by atoms with Crippen molar-refractivity contribution in [2.24, 2.45) is 0 Å². The highest BCUT2D eigenvalue weighted by molar-refractivity contribution is 7.89. The summed E-state index contributed by atoms with van der Waals surface area (Å²) in [6, 6.07) is 4.51. The van der Waals surface area contributed by atoms with Crippen LogP contribution in [0.1, 0.15) is 6.92 Å². The largest absolute Gasteiger partial charge is 0.495 e. The third-order valence-electron chi connectivity index (χ3n) is 2.49. The molecule has 1 aromatic carbocycles. The van der Waals surface area contributed by atoms with Crippen LogP contribution in [0.3, 0.4) is 0 Å². The van der Waals surface area contributed by atoms with Crippen molar-refractivity contribution in [2.75, 3.05) is 20.7 Å². The number of benzene rings is 1. The van der Waals surface area contributed by atoms with Crippen molar-refractivity contribution in [3.8, 4) is 5.75 Å². The smallest absolute Gasteiger partial charge is 0.244 e. The molecule has 0 radical (unpaired) electrons. The summed E-state index contributed by atoms with van der Waals surface area (Å²) in [5.74, 6) is 0.268. The van der Waals surface area contributed by atoms with Crippen LogP contribution in [0, 0.1) is 0 Å². The lowest BCUT2D eigenvalue weighted by Crippen LogP contribution is -2.37. The first-order valence-corrected chi connectivity index (χ1v) is 7.27. The molecule has 2 N–H and O–H groups in total. The lowest BCUT2D eigenvalue weighted by Gasteiger charge is -2.14. The van der Waals surface area contributed by atoms with Crippen LogP contribution in [0.15, 0.2) is 23.1 Å². The topological polar surface area (TPSA) is 67.4 Å². The van der Waals surface area contributed by atoms with Gasteiger partial charge in [-0.1, -0.05) is 11.6 Å². The van der Waals surface area contributed by atoms with Crippen molar-refractivity contribution in [3.05, 3.63) is 23.2 Å². The molecule has 0 aliphatic carbocycles. The zero-order chi connectivity index (χ0) is 13.8. The predicted molar refractivity (Wildman–Crippen MR) is 71.7 cm³/mol. The van der Waals surface area contributed by atoms with E-state index in [4.69, 9.17) is 16.3 Å². The molecule has 0 aliphatic heterocycles. The molecule has 1 rings (SSSR count). The average molecular weight is 293 g/mol. The SMILES string of the molecule is CNC(C)CNS(=O)(=O)c1cc(Cl)ccc1OC. The molecule has 0 aromatic heterocycles. The maximum absolute atomic E-state index is 12.1. The van der Waals surface area contributed by atoms with E-state index in [-0.39, 0.29) is 23.2 Å². The standard InChI is InChI=1S/C11H17ClN2O3S/c1-8(13-2)7-14-18(15,16)11-6-9(12)4-5-10(11)17-3/h4-6,8,13-14H,7H2,1-3H3. The number of hydrogen-bond donors (Lipinski definition) is 2. The van der Waals surface area contributed by atoms with Gasteiger partial charge in [-0.3, -0.25) is 0 Å². The summed E-state index contributed by atoms with van der Waals surface area (Å²) in [6.07, 6.45) is 0. The number of rotatable bonds is 6. The molecule has 102 valence electrons. The number of methoxy groups -OCH3 is 1. The van der Waals surface area contributed by atoms with E-state index in [1.807, 2.05) is 6.92 Å². The van der Waals surface area contributed by atoms with Crippen molar-refractivity contribution in [3.63, 3.8) is 0 Å². The lowest BCUT2D eigenvalue weighted by atomic mass is 10.3. The molecule has 0 heterocycles. The van der Waals surface area contributed by atoms with E-state index < -0.39 is 10.0 Å².